The number of hydrogen-bond acceptors (Lipinski definition) is 4. The van der Waals surface area contributed by atoms with E-state index >= 15 is 0 Å². The highest BCUT2D eigenvalue weighted by Crippen LogP contribution is 2.38. The van der Waals surface area contributed by atoms with Gasteiger partial charge in [-0.15, -0.1) is 0 Å². The average molecular weight is 274 g/mol. The number of anilines is 1. The summed E-state index contributed by atoms with van der Waals surface area (Å²) in [4.78, 5) is 5.26. The average Bonchev–Trinajstić information content (AvgIpc) is 3.13. The number of rotatable bonds is 2. The fourth-order valence-corrected chi connectivity index (χ4v) is 3.82. The summed E-state index contributed by atoms with van der Waals surface area (Å²) < 4.78 is 10.9. The Morgan fingerprint density at radius 3 is 3.00 bits per heavy atom. The predicted octanol–water partition coefficient (Wildman–Crippen LogP) is 2.48. The van der Waals surface area contributed by atoms with Gasteiger partial charge in [-0.2, -0.15) is 0 Å². The van der Waals surface area contributed by atoms with Crippen molar-refractivity contribution in [3.8, 4) is 11.5 Å². The molecule has 0 aliphatic carbocycles. The smallest absolute Gasteiger partial charge is 0.231 e. The van der Waals surface area contributed by atoms with Crippen molar-refractivity contribution in [3.05, 3.63) is 18.2 Å². The fraction of sp³-hybridized carbons (Fsp3) is 0.625. The van der Waals surface area contributed by atoms with Gasteiger partial charge in [-0.05, 0) is 37.9 Å². The van der Waals surface area contributed by atoms with Gasteiger partial charge in [0.05, 0.1) is 0 Å². The van der Waals surface area contributed by atoms with E-state index in [-0.39, 0.29) is 0 Å². The van der Waals surface area contributed by atoms with Crippen LogP contribution in [0.1, 0.15) is 26.2 Å². The topological polar surface area (TPSA) is 24.9 Å². The molecule has 108 valence electrons. The van der Waals surface area contributed by atoms with Crippen LogP contribution in [-0.2, 0) is 0 Å². The van der Waals surface area contributed by atoms with E-state index in [0.717, 1.165) is 24.1 Å². The fourth-order valence-electron chi connectivity index (χ4n) is 3.82. The molecular formula is C16H22N2O2. The van der Waals surface area contributed by atoms with Gasteiger partial charge in [0, 0.05) is 36.9 Å². The summed E-state index contributed by atoms with van der Waals surface area (Å²) in [5.74, 6) is 1.77. The monoisotopic (exact) mass is 274 g/mol. The van der Waals surface area contributed by atoms with E-state index in [1.807, 2.05) is 6.07 Å². The highest BCUT2D eigenvalue weighted by molar-refractivity contribution is 5.58. The van der Waals surface area contributed by atoms with Crippen LogP contribution in [-0.4, -0.2) is 43.4 Å². The maximum atomic E-state index is 5.53. The number of ether oxygens (including phenoxy) is 2. The largest absolute Gasteiger partial charge is 0.454 e. The van der Waals surface area contributed by atoms with E-state index in [1.54, 1.807) is 0 Å². The van der Waals surface area contributed by atoms with Gasteiger partial charge in [-0.1, -0.05) is 6.92 Å². The first-order valence-electron chi connectivity index (χ1n) is 7.75. The summed E-state index contributed by atoms with van der Waals surface area (Å²) in [7, 11) is 0. The Labute approximate surface area is 120 Å². The van der Waals surface area contributed by atoms with E-state index in [9.17, 15) is 0 Å². The maximum absolute atomic E-state index is 5.53. The number of fused-ring (bicyclic) bond motifs is 2. The lowest BCUT2D eigenvalue weighted by Gasteiger charge is -2.44. The Hall–Kier alpha value is -1.42. The minimum Gasteiger partial charge on any atom is -0.454 e. The Bertz CT molecular complexity index is 505. The van der Waals surface area contributed by atoms with Crippen LogP contribution >= 0.6 is 0 Å². The normalized spacial score (nSPS) is 28.8. The zero-order chi connectivity index (χ0) is 13.5. The van der Waals surface area contributed by atoms with Crippen LogP contribution in [0.4, 0.5) is 5.69 Å². The summed E-state index contributed by atoms with van der Waals surface area (Å²) >= 11 is 0. The van der Waals surface area contributed by atoms with Crippen molar-refractivity contribution in [2.24, 2.45) is 0 Å². The van der Waals surface area contributed by atoms with Gasteiger partial charge in [0.2, 0.25) is 6.79 Å². The molecule has 0 aromatic heterocycles. The molecule has 3 aliphatic rings. The quantitative estimate of drug-likeness (QED) is 0.827. The summed E-state index contributed by atoms with van der Waals surface area (Å²) in [5.41, 5.74) is 1.28. The molecule has 2 unspecified atom stereocenters. The molecule has 4 nitrogen and oxygen atoms in total. The summed E-state index contributed by atoms with van der Waals surface area (Å²) in [6.45, 7) is 6.29. The van der Waals surface area contributed by atoms with E-state index < -0.39 is 0 Å². The first kappa shape index (κ1) is 12.3. The molecule has 3 aliphatic heterocycles. The Balaban J connectivity index is 1.62. The van der Waals surface area contributed by atoms with Crippen molar-refractivity contribution in [3.63, 3.8) is 0 Å². The second-order valence-corrected chi connectivity index (χ2v) is 6.04. The molecule has 1 aromatic carbocycles. The minimum absolute atomic E-state index is 0.354. The van der Waals surface area contributed by atoms with Crippen LogP contribution < -0.4 is 14.4 Å². The molecule has 20 heavy (non-hydrogen) atoms. The van der Waals surface area contributed by atoms with Crippen molar-refractivity contribution in [2.75, 3.05) is 31.3 Å². The van der Waals surface area contributed by atoms with Gasteiger partial charge < -0.3 is 14.4 Å². The minimum atomic E-state index is 0.354. The molecule has 0 bridgehead atoms. The van der Waals surface area contributed by atoms with Crippen LogP contribution in [0.5, 0.6) is 11.5 Å². The molecule has 0 spiro atoms. The molecule has 2 fully saturated rings. The van der Waals surface area contributed by atoms with E-state index in [1.165, 1.54) is 38.0 Å². The molecule has 0 amide bonds. The van der Waals surface area contributed by atoms with Crippen molar-refractivity contribution < 1.29 is 9.47 Å². The third kappa shape index (κ3) is 1.94. The van der Waals surface area contributed by atoms with Gasteiger partial charge in [-0.3, -0.25) is 4.90 Å². The summed E-state index contributed by atoms with van der Waals surface area (Å²) in [6.07, 6.45) is 3.89. The molecule has 0 radical (unpaired) electrons. The second-order valence-electron chi connectivity index (χ2n) is 6.04. The van der Waals surface area contributed by atoms with E-state index in [4.69, 9.17) is 9.47 Å². The number of hydrogen-bond donors (Lipinski definition) is 0. The zero-order valence-electron chi connectivity index (χ0n) is 12.0. The summed E-state index contributed by atoms with van der Waals surface area (Å²) in [6, 6.07) is 7.73. The van der Waals surface area contributed by atoms with Crippen molar-refractivity contribution in [1.29, 1.82) is 0 Å². The molecule has 2 atom stereocenters. The lowest BCUT2D eigenvalue weighted by molar-refractivity contribution is 0.174. The SMILES string of the molecule is CCC1CN2CCCC2CN1c1ccc2c(c1)OCO2. The number of piperazine rings is 1. The lowest BCUT2D eigenvalue weighted by atomic mass is 10.0. The molecule has 0 saturated carbocycles. The van der Waals surface area contributed by atoms with Gasteiger partial charge in [0.15, 0.2) is 11.5 Å². The molecule has 0 N–H and O–H groups in total. The van der Waals surface area contributed by atoms with Gasteiger partial charge in [0.1, 0.15) is 0 Å². The van der Waals surface area contributed by atoms with E-state index in [2.05, 4.69) is 28.9 Å². The van der Waals surface area contributed by atoms with Gasteiger partial charge in [0.25, 0.3) is 0 Å². The van der Waals surface area contributed by atoms with Gasteiger partial charge in [-0.25, -0.2) is 0 Å². The van der Waals surface area contributed by atoms with Crippen molar-refractivity contribution in [1.82, 2.24) is 4.90 Å². The Morgan fingerprint density at radius 2 is 2.10 bits per heavy atom. The molecule has 4 heteroatoms. The Kier molecular flexibility index (Phi) is 2.99. The third-order valence-electron chi connectivity index (χ3n) is 4.95. The van der Waals surface area contributed by atoms with Crippen LogP contribution in [0.25, 0.3) is 0 Å². The Morgan fingerprint density at radius 1 is 1.20 bits per heavy atom. The van der Waals surface area contributed by atoms with Crippen LogP contribution in [0.2, 0.25) is 0 Å². The maximum Gasteiger partial charge on any atom is 0.231 e. The molecule has 4 rings (SSSR count). The van der Waals surface area contributed by atoms with E-state index in [0.29, 0.717) is 12.8 Å². The molecule has 1 aromatic rings. The standard InChI is InChI=1S/C16H22N2O2/c1-2-12-9-17-7-3-4-14(17)10-18(12)13-5-6-15-16(8-13)20-11-19-15/h5-6,8,12,14H,2-4,7,9-11H2,1H3. The van der Waals surface area contributed by atoms with Crippen molar-refractivity contribution >= 4 is 5.69 Å². The number of benzene rings is 1. The number of nitrogens with zero attached hydrogens (tertiary/aromatic N) is 2. The first-order chi connectivity index (χ1) is 9.85. The molecule has 2 saturated heterocycles. The second kappa shape index (κ2) is 4.85. The third-order valence-corrected chi connectivity index (χ3v) is 4.95. The highest BCUT2D eigenvalue weighted by atomic mass is 16.7. The highest BCUT2D eigenvalue weighted by Gasteiger charge is 2.35. The zero-order valence-corrected chi connectivity index (χ0v) is 12.0. The lowest BCUT2D eigenvalue weighted by Crippen LogP contribution is -2.56. The van der Waals surface area contributed by atoms with Crippen LogP contribution in [0.3, 0.4) is 0 Å². The first-order valence-corrected chi connectivity index (χ1v) is 7.75. The molecular weight excluding hydrogens is 252 g/mol. The predicted molar refractivity (Wildman–Crippen MR) is 78.6 cm³/mol. The van der Waals surface area contributed by atoms with Crippen LogP contribution in [0, 0.1) is 0 Å². The summed E-state index contributed by atoms with van der Waals surface area (Å²) in [5, 5.41) is 0. The van der Waals surface area contributed by atoms with Crippen LogP contribution in [0.15, 0.2) is 18.2 Å². The van der Waals surface area contributed by atoms with Crippen molar-refractivity contribution in [2.45, 2.75) is 38.3 Å². The van der Waals surface area contributed by atoms with Gasteiger partial charge >= 0.3 is 0 Å². The molecule has 3 heterocycles.